The predicted molar refractivity (Wildman–Crippen MR) is 69.5 cm³/mol. The summed E-state index contributed by atoms with van der Waals surface area (Å²) in [6, 6.07) is 0. The van der Waals surface area contributed by atoms with Crippen LogP contribution >= 0.6 is 0 Å². The number of nitrogens with one attached hydrogen (secondary N) is 1. The molecule has 0 aromatic rings. The fourth-order valence-corrected chi connectivity index (χ4v) is 1.02. The van der Waals surface area contributed by atoms with Gasteiger partial charge < -0.3 is 5.32 Å². The first-order valence-electron chi connectivity index (χ1n) is 5.57. The van der Waals surface area contributed by atoms with Gasteiger partial charge in [-0.3, -0.25) is 4.99 Å². The molecule has 0 rings (SSSR count). The molecule has 0 aliphatic rings. The van der Waals surface area contributed by atoms with Crippen molar-refractivity contribution in [2.24, 2.45) is 4.99 Å². The number of likely N-dealkylation sites (N-methyl/N-ethyl adjacent to an activating group) is 1. The van der Waals surface area contributed by atoms with E-state index in [-0.39, 0.29) is 11.3 Å². The number of hydrogen-bond donors (Lipinski definition) is 1. The molecule has 0 amide bonds. The van der Waals surface area contributed by atoms with E-state index in [1.54, 1.807) is 6.20 Å². The van der Waals surface area contributed by atoms with Crippen molar-refractivity contribution in [3.63, 3.8) is 0 Å². The maximum absolute atomic E-state index is 12.6. The van der Waals surface area contributed by atoms with E-state index in [4.69, 9.17) is 0 Å². The lowest BCUT2D eigenvalue weighted by atomic mass is 10.1. The van der Waals surface area contributed by atoms with Crippen LogP contribution in [0, 0.1) is 0 Å². The van der Waals surface area contributed by atoms with E-state index in [0.29, 0.717) is 0 Å². The van der Waals surface area contributed by atoms with Gasteiger partial charge in [-0.05, 0) is 20.3 Å². The van der Waals surface area contributed by atoms with E-state index < -0.39 is 11.7 Å². The van der Waals surface area contributed by atoms with Crippen molar-refractivity contribution in [1.29, 1.82) is 0 Å². The predicted octanol–water partition coefficient (Wildman–Crippen LogP) is 3.98. The van der Waals surface area contributed by atoms with Crippen molar-refractivity contribution in [2.45, 2.75) is 33.4 Å². The Balaban J connectivity index is 5.36. The second kappa shape index (κ2) is 7.03. The summed E-state index contributed by atoms with van der Waals surface area (Å²) in [4.78, 5) is 3.90. The average Bonchev–Trinajstić information content (AvgIpc) is 2.31. The zero-order valence-electron chi connectivity index (χ0n) is 11.2. The van der Waals surface area contributed by atoms with E-state index in [1.165, 1.54) is 13.3 Å². The fourth-order valence-electron chi connectivity index (χ4n) is 1.02. The Hall–Kier alpha value is -1.52. The number of hydrogen-bond acceptors (Lipinski definition) is 2. The highest BCUT2D eigenvalue weighted by Gasteiger charge is 2.32. The summed E-state index contributed by atoms with van der Waals surface area (Å²) >= 11 is 0. The van der Waals surface area contributed by atoms with Crippen molar-refractivity contribution in [2.75, 3.05) is 7.05 Å². The van der Waals surface area contributed by atoms with Crippen molar-refractivity contribution in [3.05, 3.63) is 35.2 Å². The summed E-state index contributed by atoms with van der Waals surface area (Å²) in [5.74, 6) is 0. The van der Waals surface area contributed by atoms with Crippen molar-refractivity contribution >= 4 is 6.21 Å². The van der Waals surface area contributed by atoms with E-state index in [0.717, 1.165) is 18.9 Å². The Morgan fingerprint density at radius 3 is 2.28 bits per heavy atom. The van der Waals surface area contributed by atoms with E-state index in [2.05, 4.69) is 16.9 Å². The molecule has 0 radical (unpaired) electrons. The van der Waals surface area contributed by atoms with E-state index in [1.807, 2.05) is 13.8 Å². The molecule has 0 aromatic carbocycles. The van der Waals surface area contributed by atoms with Gasteiger partial charge in [0, 0.05) is 36.3 Å². The molecule has 0 saturated carbocycles. The van der Waals surface area contributed by atoms with Crippen LogP contribution in [0.4, 0.5) is 13.2 Å². The van der Waals surface area contributed by atoms with Gasteiger partial charge in [0.15, 0.2) is 0 Å². The van der Waals surface area contributed by atoms with Crippen LogP contribution in [-0.4, -0.2) is 19.4 Å². The molecule has 0 aliphatic heterocycles. The van der Waals surface area contributed by atoms with Crippen LogP contribution in [0.1, 0.15) is 27.2 Å². The Bertz CT molecular complexity index is 388. The third-order valence-corrected chi connectivity index (χ3v) is 2.51. The topological polar surface area (TPSA) is 24.4 Å². The zero-order valence-corrected chi connectivity index (χ0v) is 11.2. The van der Waals surface area contributed by atoms with Crippen molar-refractivity contribution < 1.29 is 13.2 Å². The van der Waals surface area contributed by atoms with E-state index >= 15 is 0 Å². The normalized spacial score (nSPS) is 14.7. The van der Waals surface area contributed by atoms with Gasteiger partial charge in [0.25, 0.3) is 0 Å². The lowest BCUT2D eigenvalue weighted by Crippen LogP contribution is -2.17. The summed E-state index contributed by atoms with van der Waals surface area (Å²) in [5, 5.41) is 2.61. The summed E-state index contributed by atoms with van der Waals surface area (Å²) in [5.41, 5.74) is 0.430. The highest BCUT2D eigenvalue weighted by atomic mass is 19.4. The molecule has 0 saturated heterocycles. The number of aliphatic imine (C=N–C) groups is 1. The van der Waals surface area contributed by atoms with Crippen LogP contribution in [0.2, 0.25) is 0 Å². The molecule has 2 nitrogen and oxygen atoms in total. The minimum Gasteiger partial charge on any atom is -0.388 e. The summed E-state index contributed by atoms with van der Waals surface area (Å²) in [7, 11) is 1.52. The number of nitrogens with zero attached hydrogens (tertiary/aromatic N) is 1. The molecule has 0 bridgehead atoms. The number of allylic oxidation sites excluding steroid dienone is 3. The Kier molecular flexibility index (Phi) is 6.44. The number of rotatable bonds is 5. The SMILES string of the molecule is C=C(NC)/C(C=NC=C(C)CC)=C(/C)C(F)(F)F. The standard InChI is InChI=1S/C13H19F3N2/c1-6-9(2)7-18-8-12(11(4)17-5)10(3)13(14,15)16/h7-8,17H,4,6H2,1-3,5H3/b9-7?,12-10-,18-8?. The molecule has 0 spiro atoms. The first-order valence-corrected chi connectivity index (χ1v) is 5.57. The third kappa shape index (κ3) is 5.21. The largest absolute Gasteiger partial charge is 0.413 e. The maximum atomic E-state index is 12.6. The molecule has 0 fully saturated rings. The third-order valence-electron chi connectivity index (χ3n) is 2.51. The quantitative estimate of drug-likeness (QED) is 0.586. The smallest absolute Gasteiger partial charge is 0.388 e. The van der Waals surface area contributed by atoms with E-state index in [9.17, 15) is 13.2 Å². The molecule has 1 N–H and O–H groups in total. The van der Waals surface area contributed by atoms with Crippen LogP contribution in [0.15, 0.2) is 40.2 Å². The summed E-state index contributed by atoms with van der Waals surface area (Å²) in [6.45, 7) is 8.37. The molecule has 0 atom stereocenters. The average molecular weight is 260 g/mol. The molecule has 102 valence electrons. The molecule has 18 heavy (non-hydrogen) atoms. The van der Waals surface area contributed by atoms with Gasteiger partial charge in [0.1, 0.15) is 0 Å². The first-order chi connectivity index (χ1) is 8.23. The second-order valence-electron chi connectivity index (χ2n) is 3.87. The van der Waals surface area contributed by atoms with Crippen LogP contribution in [0.25, 0.3) is 0 Å². The Morgan fingerprint density at radius 1 is 1.33 bits per heavy atom. The molecule has 0 aromatic heterocycles. The number of alkyl halides is 3. The van der Waals surface area contributed by atoms with Crippen LogP contribution in [0.5, 0.6) is 0 Å². The Morgan fingerprint density at radius 2 is 1.89 bits per heavy atom. The minimum atomic E-state index is -4.38. The monoisotopic (exact) mass is 260 g/mol. The van der Waals surface area contributed by atoms with Crippen molar-refractivity contribution in [3.8, 4) is 0 Å². The van der Waals surface area contributed by atoms with Crippen LogP contribution in [-0.2, 0) is 0 Å². The number of halogens is 3. The maximum Gasteiger partial charge on any atom is 0.413 e. The van der Waals surface area contributed by atoms with Crippen molar-refractivity contribution in [1.82, 2.24) is 5.32 Å². The second-order valence-corrected chi connectivity index (χ2v) is 3.87. The van der Waals surface area contributed by atoms with Gasteiger partial charge in [0.05, 0.1) is 0 Å². The summed E-state index contributed by atoms with van der Waals surface area (Å²) in [6.07, 6.45) is -0.848. The zero-order chi connectivity index (χ0) is 14.3. The first kappa shape index (κ1) is 16.5. The van der Waals surface area contributed by atoms with Crippen LogP contribution in [0.3, 0.4) is 0 Å². The molecule has 0 unspecified atom stereocenters. The van der Waals surface area contributed by atoms with Gasteiger partial charge in [0.2, 0.25) is 0 Å². The molecule has 5 heteroatoms. The lowest BCUT2D eigenvalue weighted by molar-refractivity contribution is -0.0917. The molecule has 0 aliphatic carbocycles. The molecular formula is C13H19F3N2. The van der Waals surface area contributed by atoms with Gasteiger partial charge in [-0.2, -0.15) is 13.2 Å². The van der Waals surface area contributed by atoms with Gasteiger partial charge in [-0.1, -0.05) is 19.1 Å². The van der Waals surface area contributed by atoms with Gasteiger partial charge in [-0.25, -0.2) is 0 Å². The Labute approximate surface area is 106 Å². The lowest BCUT2D eigenvalue weighted by Gasteiger charge is -2.13. The van der Waals surface area contributed by atoms with Crippen LogP contribution < -0.4 is 5.32 Å². The van der Waals surface area contributed by atoms with Gasteiger partial charge in [-0.15, -0.1) is 0 Å². The minimum absolute atomic E-state index is 0.0369. The summed E-state index contributed by atoms with van der Waals surface area (Å²) < 4.78 is 37.9. The highest BCUT2D eigenvalue weighted by Crippen LogP contribution is 2.28. The molecule has 0 heterocycles. The molecular weight excluding hydrogens is 241 g/mol. The van der Waals surface area contributed by atoms with Gasteiger partial charge >= 0.3 is 6.18 Å². The fraction of sp³-hybridized carbons (Fsp3) is 0.462. The highest BCUT2D eigenvalue weighted by molar-refractivity contribution is 5.85.